The van der Waals surface area contributed by atoms with Crippen LogP contribution in [0.2, 0.25) is 0 Å². The van der Waals surface area contributed by atoms with Crippen LogP contribution in [0.4, 0.5) is 5.82 Å². The number of hydrogen-bond donors (Lipinski definition) is 1. The van der Waals surface area contributed by atoms with Gasteiger partial charge in [0, 0.05) is 5.56 Å². The molecular weight excluding hydrogens is 416 g/mol. The molecule has 0 spiro atoms. The molecule has 4 heterocycles. The Morgan fingerprint density at radius 1 is 1.19 bits per heavy atom. The van der Waals surface area contributed by atoms with Gasteiger partial charge in [-0.3, -0.25) is 5.10 Å². The number of aliphatic imine (C=N–C) groups is 1. The molecule has 1 aliphatic rings. The van der Waals surface area contributed by atoms with Crippen molar-refractivity contribution in [2.45, 2.75) is 12.0 Å². The number of nitrogens with zero attached hydrogens (tertiary/aromatic N) is 5. The number of H-pyrrole nitrogens is 1. The van der Waals surface area contributed by atoms with E-state index in [1.165, 1.54) is 0 Å². The van der Waals surface area contributed by atoms with Gasteiger partial charge in [0.25, 0.3) is 6.04 Å². The predicted molar refractivity (Wildman–Crippen MR) is 101 cm³/mol. The molecule has 2 unspecified atom stereocenters. The van der Waals surface area contributed by atoms with Crippen LogP contribution in [0.3, 0.4) is 0 Å². The largest absolute Gasteiger partial charge is 0.306 e. The van der Waals surface area contributed by atoms with Crippen LogP contribution in [0.5, 0.6) is 0 Å². The van der Waals surface area contributed by atoms with Crippen molar-refractivity contribution in [3.63, 3.8) is 0 Å². The molecule has 0 bridgehead atoms. The molecule has 1 N–H and O–H groups in total. The van der Waals surface area contributed by atoms with Crippen molar-refractivity contribution >= 4 is 49.8 Å². The molecule has 0 saturated carbocycles. The SMILES string of the molecule is [C-]#[N+]C1C(c2ccc(Br)s2)=Nc2[nH]ncc2C1c1cccc2nonc12. The molecule has 0 fully saturated rings. The van der Waals surface area contributed by atoms with E-state index < -0.39 is 6.04 Å². The van der Waals surface area contributed by atoms with Crippen molar-refractivity contribution < 1.29 is 4.63 Å². The maximum absolute atomic E-state index is 7.88. The Labute approximate surface area is 159 Å². The quantitative estimate of drug-likeness (QED) is 0.485. The zero-order chi connectivity index (χ0) is 17.7. The molecule has 26 heavy (non-hydrogen) atoms. The fourth-order valence-electron chi connectivity index (χ4n) is 3.32. The van der Waals surface area contributed by atoms with E-state index in [0.29, 0.717) is 16.9 Å². The average Bonchev–Trinajstić information content (AvgIpc) is 3.39. The highest BCUT2D eigenvalue weighted by Crippen LogP contribution is 2.43. The molecule has 1 aliphatic heterocycles. The molecule has 1 aromatic carbocycles. The molecule has 0 aliphatic carbocycles. The van der Waals surface area contributed by atoms with Crippen LogP contribution in [0, 0.1) is 6.57 Å². The lowest BCUT2D eigenvalue weighted by molar-refractivity contribution is 0.315. The molecule has 4 aromatic rings. The summed E-state index contributed by atoms with van der Waals surface area (Å²) in [4.78, 5) is 9.58. The maximum Gasteiger partial charge on any atom is 0.277 e. The van der Waals surface area contributed by atoms with Crippen molar-refractivity contribution in [2.75, 3.05) is 0 Å². The molecule has 3 aromatic heterocycles. The minimum Gasteiger partial charge on any atom is -0.306 e. The first kappa shape index (κ1) is 15.4. The lowest BCUT2D eigenvalue weighted by atomic mass is 9.81. The number of aromatic amines is 1. The summed E-state index contributed by atoms with van der Waals surface area (Å²) < 4.78 is 5.91. The second kappa shape index (κ2) is 5.86. The van der Waals surface area contributed by atoms with E-state index in [1.54, 1.807) is 17.5 Å². The van der Waals surface area contributed by atoms with E-state index >= 15 is 0 Å². The van der Waals surface area contributed by atoms with Crippen LogP contribution >= 0.6 is 27.3 Å². The smallest absolute Gasteiger partial charge is 0.277 e. The maximum atomic E-state index is 7.88. The van der Waals surface area contributed by atoms with E-state index in [4.69, 9.17) is 16.2 Å². The van der Waals surface area contributed by atoms with Crippen molar-refractivity contribution in [1.82, 2.24) is 20.5 Å². The minimum atomic E-state index is -0.493. The summed E-state index contributed by atoms with van der Waals surface area (Å²) in [6.45, 7) is 7.88. The van der Waals surface area contributed by atoms with Crippen LogP contribution in [0.15, 0.2) is 49.9 Å². The van der Waals surface area contributed by atoms with E-state index in [2.05, 4.69) is 41.3 Å². The summed E-state index contributed by atoms with van der Waals surface area (Å²) in [6, 6.07) is 9.14. The van der Waals surface area contributed by atoms with E-state index in [1.807, 2.05) is 30.3 Å². The van der Waals surface area contributed by atoms with Crippen LogP contribution in [-0.2, 0) is 0 Å². The molecule has 2 atom stereocenters. The third-order valence-corrected chi connectivity index (χ3v) is 6.07. The van der Waals surface area contributed by atoms with Gasteiger partial charge < -0.3 is 4.85 Å². The summed E-state index contributed by atoms with van der Waals surface area (Å²) in [5.74, 6) is 0.410. The fraction of sp³-hybridized carbons (Fsp3) is 0.118. The Kier molecular flexibility index (Phi) is 3.48. The zero-order valence-corrected chi connectivity index (χ0v) is 15.5. The van der Waals surface area contributed by atoms with Crippen LogP contribution in [-0.4, -0.2) is 32.3 Å². The van der Waals surface area contributed by atoms with Gasteiger partial charge in [0.2, 0.25) is 0 Å². The lowest BCUT2D eigenvalue weighted by Gasteiger charge is -2.23. The normalized spacial score (nSPS) is 19.2. The summed E-state index contributed by atoms with van der Waals surface area (Å²) in [6.07, 6.45) is 1.73. The molecule has 9 heteroatoms. The van der Waals surface area contributed by atoms with Gasteiger partial charge in [0.1, 0.15) is 16.7 Å². The summed E-state index contributed by atoms with van der Waals surface area (Å²) in [5, 5.41) is 15.1. The third-order valence-electron chi connectivity index (χ3n) is 4.43. The molecular formula is C17H9BrN6OS. The standard InChI is InChI=1S/C17H9BrN6OS/c1-19-16-13(8-3-2-4-10-14(8)24-25-23-10)9-7-20-22-17(9)21-15(16)11-5-6-12(18)26-11/h2-7,13,16H,(H,20,22). The molecule has 126 valence electrons. The fourth-order valence-corrected chi connectivity index (χ4v) is 4.73. The minimum absolute atomic E-state index is 0.259. The number of hydrogen-bond acceptors (Lipinski definition) is 6. The van der Waals surface area contributed by atoms with Gasteiger partial charge in [-0.2, -0.15) is 5.10 Å². The van der Waals surface area contributed by atoms with Gasteiger partial charge in [0.05, 0.1) is 20.8 Å². The molecule has 5 rings (SSSR count). The highest BCUT2D eigenvalue weighted by molar-refractivity contribution is 9.11. The summed E-state index contributed by atoms with van der Waals surface area (Å²) in [7, 11) is 0. The van der Waals surface area contributed by atoms with Crippen LogP contribution in [0.25, 0.3) is 15.9 Å². The first-order valence-corrected chi connectivity index (χ1v) is 9.32. The van der Waals surface area contributed by atoms with Crippen molar-refractivity contribution in [2.24, 2.45) is 4.99 Å². The third kappa shape index (κ3) is 2.23. The van der Waals surface area contributed by atoms with Crippen molar-refractivity contribution in [3.8, 4) is 0 Å². The van der Waals surface area contributed by atoms with Gasteiger partial charge in [-0.05, 0) is 50.0 Å². The van der Waals surface area contributed by atoms with Gasteiger partial charge in [-0.1, -0.05) is 12.1 Å². The monoisotopic (exact) mass is 424 g/mol. The summed E-state index contributed by atoms with van der Waals surface area (Å²) in [5.41, 5.74) is 3.81. The van der Waals surface area contributed by atoms with Gasteiger partial charge >= 0.3 is 0 Å². The number of fused-ring (bicyclic) bond motifs is 2. The predicted octanol–water partition coefficient (Wildman–Crippen LogP) is 4.32. The molecule has 0 radical (unpaired) electrons. The molecule has 0 amide bonds. The topological polar surface area (TPSA) is 84.3 Å². The second-order valence-electron chi connectivity index (χ2n) is 5.81. The number of thiophene rings is 1. The van der Waals surface area contributed by atoms with Crippen LogP contribution in [0.1, 0.15) is 21.9 Å². The van der Waals surface area contributed by atoms with E-state index in [-0.39, 0.29) is 5.92 Å². The van der Waals surface area contributed by atoms with Gasteiger partial charge in [-0.15, -0.1) is 11.3 Å². The first-order valence-electron chi connectivity index (χ1n) is 7.71. The zero-order valence-electron chi connectivity index (χ0n) is 13.0. The highest BCUT2D eigenvalue weighted by atomic mass is 79.9. The Morgan fingerprint density at radius 2 is 2.12 bits per heavy atom. The Balaban J connectivity index is 1.76. The number of benzene rings is 1. The second-order valence-corrected chi connectivity index (χ2v) is 8.27. The number of rotatable bonds is 2. The highest BCUT2D eigenvalue weighted by Gasteiger charge is 2.42. The Morgan fingerprint density at radius 3 is 2.92 bits per heavy atom. The lowest BCUT2D eigenvalue weighted by Crippen LogP contribution is -2.29. The molecule has 0 saturated heterocycles. The number of aromatic nitrogens is 4. The number of halogens is 1. The number of nitrogens with one attached hydrogen (secondary N) is 1. The van der Waals surface area contributed by atoms with Gasteiger partial charge in [0.15, 0.2) is 5.82 Å². The first-order chi connectivity index (χ1) is 12.8. The molecule has 7 nitrogen and oxygen atoms in total. The summed E-state index contributed by atoms with van der Waals surface area (Å²) >= 11 is 5.04. The Hall–Kier alpha value is -2.83. The van der Waals surface area contributed by atoms with E-state index in [9.17, 15) is 0 Å². The van der Waals surface area contributed by atoms with Crippen molar-refractivity contribution in [1.29, 1.82) is 0 Å². The van der Waals surface area contributed by atoms with Crippen molar-refractivity contribution in [3.05, 3.63) is 67.7 Å². The van der Waals surface area contributed by atoms with Crippen LogP contribution < -0.4 is 0 Å². The Bertz CT molecular complexity index is 1200. The van der Waals surface area contributed by atoms with Gasteiger partial charge in [-0.25, -0.2) is 16.2 Å². The van der Waals surface area contributed by atoms with E-state index in [0.717, 1.165) is 25.5 Å². The average molecular weight is 425 g/mol.